The van der Waals surface area contributed by atoms with E-state index in [0.29, 0.717) is 16.9 Å². The Morgan fingerprint density at radius 1 is 1.47 bits per heavy atom. The van der Waals surface area contributed by atoms with E-state index in [-0.39, 0.29) is 5.97 Å². The Balaban J connectivity index is 1.75. The molecular weight excluding hydrogens is 332 g/mol. The minimum absolute atomic E-state index is 0.171. The zero-order chi connectivity index (χ0) is 11.9. The van der Waals surface area contributed by atoms with Gasteiger partial charge in [-0.3, -0.25) is 0 Å². The third-order valence-electron chi connectivity index (χ3n) is 5.73. The van der Waals surface area contributed by atoms with Gasteiger partial charge in [0.25, 0.3) is 0 Å². The molecule has 0 N–H and O–H groups in total. The van der Waals surface area contributed by atoms with Crippen LogP contribution in [0.25, 0.3) is 0 Å². The van der Waals surface area contributed by atoms with Crippen LogP contribution in [0.1, 0.15) is 33.1 Å². The second kappa shape index (κ2) is 2.92. The van der Waals surface area contributed by atoms with Crippen molar-refractivity contribution in [2.45, 2.75) is 43.7 Å². The van der Waals surface area contributed by atoms with E-state index in [1.807, 2.05) is 4.12 Å². The molecule has 2 heterocycles. The molecule has 0 unspecified atom stereocenters. The monoisotopic (exact) mass is 352 g/mol. The molecule has 17 heavy (non-hydrogen) atoms. The maximum atomic E-state index is 11.3. The van der Waals surface area contributed by atoms with Crippen molar-refractivity contribution in [1.29, 1.82) is 0 Å². The van der Waals surface area contributed by atoms with Crippen molar-refractivity contribution < 1.29 is 11.0 Å². The molecule has 3 nitrogen and oxygen atoms in total. The number of hydrogen-bond donors (Lipinski definition) is 0. The Labute approximate surface area is 106 Å². The van der Waals surface area contributed by atoms with E-state index in [1.165, 1.54) is 19.3 Å². The molecule has 4 aliphatic rings. The summed E-state index contributed by atoms with van der Waals surface area (Å²) in [5, 5.41) is 0. The van der Waals surface area contributed by atoms with E-state index in [0.717, 1.165) is 10.4 Å². The van der Waals surface area contributed by atoms with Crippen LogP contribution in [0.3, 0.4) is 0 Å². The van der Waals surface area contributed by atoms with Gasteiger partial charge in [-0.1, -0.05) is 0 Å². The second-order valence-corrected chi connectivity index (χ2v) is 12.9. The van der Waals surface area contributed by atoms with E-state index < -0.39 is 19.0 Å². The SMILES string of the molecule is CC1(C)[C@@H]2CC[C@]13C[Te@@]1(C=CC(=O)O1)O[C@@H]3C2. The summed E-state index contributed by atoms with van der Waals surface area (Å²) >= 11 is -2.90. The van der Waals surface area contributed by atoms with Crippen molar-refractivity contribution in [2.75, 3.05) is 0 Å². The summed E-state index contributed by atoms with van der Waals surface area (Å²) < 4.78 is 15.0. The molecule has 2 aliphatic heterocycles. The molecule has 4 rings (SSSR count). The van der Waals surface area contributed by atoms with Crippen LogP contribution in [0.15, 0.2) is 10.2 Å². The predicted molar refractivity (Wildman–Crippen MR) is 64.2 cm³/mol. The molecule has 2 saturated carbocycles. The fourth-order valence-corrected chi connectivity index (χ4v) is 13.4. The van der Waals surface area contributed by atoms with Gasteiger partial charge in [-0.15, -0.1) is 0 Å². The van der Waals surface area contributed by atoms with E-state index in [2.05, 4.69) is 13.8 Å². The van der Waals surface area contributed by atoms with Crippen molar-refractivity contribution in [2.24, 2.45) is 16.7 Å². The number of fused-ring (bicyclic) bond motifs is 1. The molecular formula is C13H18O3Te. The first-order chi connectivity index (χ1) is 7.98. The molecule has 2 bridgehead atoms. The van der Waals surface area contributed by atoms with Crippen molar-refractivity contribution in [3.63, 3.8) is 0 Å². The third kappa shape index (κ3) is 1.11. The van der Waals surface area contributed by atoms with Crippen LogP contribution in [0.4, 0.5) is 0 Å². The van der Waals surface area contributed by atoms with Crippen LogP contribution in [-0.4, -0.2) is 31.1 Å². The summed E-state index contributed by atoms with van der Waals surface area (Å²) in [6.45, 7) is 4.80. The molecule has 1 saturated heterocycles. The number of hydrogen-bond acceptors (Lipinski definition) is 3. The number of carbonyl (C=O) groups excluding carboxylic acids is 1. The molecule has 4 atom stereocenters. The van der Waals surface area contributed by atoms with Crippen molar-refractivity contribution in [3.05, 3.63) is 10.2 Å². The van der Waals surface area contributed by atoms with Crippen molar-refractivity contribution in [3.8, 4) is 0 Å². The number of carbonyl (C=O) groups is 1. The fourth-order valence-electron chi connectivity index (χ4n) is 4.55. The van der Waals surface area contributed by atoms with Gasteiger partial charge in [0.15, 0.2) is 0 Å². The van der Waals surface area contributed by atoms with Crippen LogP contribution in [0.2, 0.25) is 4.47 Å². The molecule has 0 aromatic rings. The standard InChI is InChI=1S/C13H18O3Te/c1-12(2)9-3-5-13(12)8-17(15-10(13)7-9)6-4-11(14)16-17/h4,6,9-10H,3,5,7-8H2,1-2H3/t9-,10-,13-/m1/s1. The molecule has 3 fully saturated rings. The van der Waals surface area contributed by atoms with Crippen LogP contribution in [0.5, 0.6) is 0 Å². The average Bonchev–Trinajstić information content (AvgIpc) is 2.89. The van der Waals surface area contributed by atoms with Crippen LogP contribution in [0, 0.1) is 16.7 Å². The molecule has 94 valence electrons. The van der Waals surface area contributed by atoms with Gasteiger partial charge in [-0.2, -0.15) is 0 Å². The van der Waals surface area contributed by atoms with Crippen LogP contribution >= 0.6 is 0 Å². The van der Waals surface area contributed by atoms with Crippen LogP contribution < -0.4 is 0 Å². The third-order valence-corrected chi connectivity index (χ3v) is 12.8. The maximum absolute atomic E-state index is 11.3. The average molecular weight is 350 g/mol. The molecule has 0 aromatic carbocycles. The molecule has 0 aromatic heterocycles. The second-order valence-electron chi connectivity index (χ2n) is 6.45. The van der Waals surface area contributed by atoms with E-state index in [9.17, 15) is 4.79 Å². The van der Waals surface area contributed by atoms with Gasteiger partial charge >= 0.3 is 107 Å². The van der Waals surface area contributed by atoms with Gasteiger partial charge < -0.3 is 0 Å². The first-order valence-corrected chi connectivity index (χ1v) is 11.3. The molecule has 2 spiro atoms. The number of rotatable bonds is 0. The Hall–Kier alpha value is -0.0404. The summed E-state index contributed by atoms with van der Waals surface area (Å²) in [4.78, 5) is 11.3. The first-order valence-electron chi connectivity index (χ1n) is 6.38. The predicted octanol–water partition coefficient (Wildman–Crippen LogP) is 2.31. The molecule has 2 aliphatic carbocycles. The first kappa shape index (κ1) is 10.8. The fraction of sp³-hybridized carbons (Fsp3) is 0.769. The van der Waals surface area contributed by atoms with E-state index in [1.54, 1.807) is 6.08 Å². The van der Waals surface area contributed by atoms with Gasteiger partial charge in [-0.05, 0) is 0 Å². The Morgan fingerprint density at radius 3 is 2.88 bits per heavy atom. The van der Waals surface area contributed by atoms with Gasteiger partial charge in [-0.25, -0.2) is 0 Å². The van der Waals surface area contributed by atoms with Gasteiger partial charge in [0.05, 0.1) is 0 Å². The summed E-state index contributed by atoms with van der Waals surface area (Å²) in [5.41, 5.74) is 0.684. The summed E-state index contributed by atoms with van der Waals surface area (Å²) in [6, 6.07) is 0. The van der Waals surface area contributed by atoms with Crippen molar-refractivity contribution in [1.82, 2.24) is 0 Å². The summed E-state index contributed by atoms with van der Waals surface area (Å²) in [6.07, 6.45) is 5.76. The van der Waals surface area contributed by atoms with E-state index >= 15 is 0 Å². The normalized spacial score (nSPS) is 53.4. The minimum atomic E-state index is -2.90. The van der Waals surface area contributed by atoms with Crippen molar-refractivity contribution >= 4 is 25.0 Å². The Morgan fingerprint density at radius 2 is 2.29 bits per heavy atom. The van der Waals surface area contributed by atoms with Crippen LogP contribution in [-0.2, 0) is 11.0 Å². The summed E-state index contributed by atoms with van der Waals surface area (Å²) in [7, 11) is 0. The van der Waals surface area contributed by atoms with Gasteiger partial charge in [0, 0.05) is 0 Å². The Bertz CT molecular complexity index is 444. The molecule has 0 radical (unpaired) electrons. The zero-order valence-electron chi connectivity index (χ0n) is 10.3. The molecule has 4 heteroatoms. The Kier molecular flexibility index (Phi) is 1.86. The topological polar surface area (TPSA) is 35.5 Å². The molecule has 0 amide bonds. The quantitative estimate of drug-likeness (QED) is 0.629. The van der Waals surface area contributed by atoms with Gasteiger partial charge in [0.2, 0.25) is 0 Å². The zero-order valence-corrected chi connectivity index (χ0v) is 12.6. The van der Waals surface area contributed by atoms with E-state index in [4.69, 9.17) is 6.20 Å². The van der Waals surface area contributed by atoms with Gasteiger partial charge in [0.1, 0.15) is 0 Å². The summed E-state index contributed by atoms with van der Waals surface area (Å²) in [5.74, 6) is 0.642.